The molecule has 0 aliphatic heterocycles. The first-order valence-electron chi connectivity index (χ1n) is 5.73. The average Bonchev–Trinajstić information content (AvgIpc) is 2.27. The van der Waals surface area contributed by atoms with Crippen molar-refractivity contribution < 1.29 is 19.1 Å². The van der Waals surface area contributed by atoms with Crippen molar-refractivity contribution in [1.82, 2.24) is 10.2 Å². The molecule has 1 aromatic rings. The lowest BCUT2D eigenvalue weighted by Gasteiger charge is -2.29. The molecule has 0 spiro atoms. The predicted octanol–water partition coefficient (Wildman–Crippen LogP) is 1.79. The molecule has 2 amide bonds. The lowest BCUT2D eigenvalue weighted by molar-refractivity contribution is -0.137. The molecule has 0 fully saturated rings. The zero-order valence-electron chi connectivity index (χ0n) is 11.1. The summed E-state index contributed by atoms with van der Waals surface area (Å²) in [5.74, 6) is -1.44. The number of hydrogen-bond donors (Lipinski definition) is 2. The minimum atomic E-state index is -1.09. The number of hydrogen-bond acceptors (Lipinski definition) is 2. The molecule has 0 radical (unpaired) electrons. The lowest BCUT2D eigenvalue weighted by atomic mass is 9.94. The first kappa shape index (κ1) is 14.9. The number of likely N-dealkylation sites (N-methyl/N-ethyl adjacent to an activating group) is 1. The molecule has 0 saturated carbocycles. The number of benzene rings is 1. The normalized spacial score (nSPS) is 10.9. The second-order valence-corrected chi connectivity index (χ2v) is 4.81. The van der Waals surface area contributed by atoms with Crippen molar-refractivity contribution in [1.29, 1.82) is 0 Å². The van der Waals surface area contributed by atoms with Crippen molar-refractivity contribution in [3.05, 3.63) is 35.6 Å². The van der Waals surface area contributed by atoms with Gasteiger partial charge >= 0.3 is 12.0 Å². The number of carboxylic acids is 1. The topological polar surface area (TPSA) is 69.6 Å². The van der Waals surface area contributed by atoms with Gasteiger partial charge in [0.25, 0.3) is 0 Å². The third-order valence-corrected chi connectivity index (χ3v) is 2.70. The summed E-state index contributed by atoms with van der Waals surface area (Å²) in [4.78, 5) is 23.4. The Morgan fingerprint density at radius 1 is 1.32 bits per heavy atom. The lowest BCUT2D eigenvalue weighted by Crippen LogP contribution is -2.48. The molecule has 0 unspecified atom stereocenters. The van der Waals surface area contributed by atoms with Crippen molar-refractivity contribution in [2.24, 2.45) is 0 Å². The number of aliphatic carboxylic acids is 1. The minimum absolute atomic E-state index is 0.353. The predicted molar refractivity (Wildman–Crippen MR) is 68.2 cm³/mol. The molecule has 0 aromatic heterocycles. The van der Waals surface area contributed by atoms with Gasteiger partial charge in [0, 0.05) is 7.05 Å². The fourth-order valence-corrected chi connectivity index (χ4v) is 1.58. The van der Waals surface area contributed by atoms with Gasteiger partial charge in [0.05, 0.1) is 5.54 Å². The van der Waals surface area contributed by atoms with E-state index >= 15 is 0 Å². The number of halogens is 1. The average molecular weight is 268 g/mol. The van der Waals surface area contributed by atoms with Crippen LogP contribution in [0.25, 0.3) is 0 Å². The highest BCUT2D eigenvalue weighted by molar-refractivity contribution is 5.80. The van der Waals surface area contributed by atoms with Crippen LogP contribution in [0.4, 0.5) is 9.18 Å². The molecule has 19 heavy (non-hydrogen) atoms. The summed E-state index contributed by atoms with van der Waals surface area (Å²) in [5, 5.41) is 11.3. The van der Waals surface area contributed by atoms with Crippen LogP contribution in [-0.4, -0.2) is 35.6 Å². The van der Waals surface area contributed by atoms with Crippen LogP contribution >= 0.6 is 0 Å². The Bertz CT molecular complexity index is 471. The molecule has 5 nitrogen and oxygen atoms in total. The van der Waals surface area contributed by atoms with Crippen LogP contribution in [-0.2, 0) is 10.3 Å². The highest BCUT2D eigenvalue weighted by Crippen LogP contribution is 2.20. The van der Waals surface area contributed by atoms with E-state index < -0.39 is 17.5 Å². The maximum absolute atomic E-state index is 12.8. The zero-order valence-corrected chi connectivity index (χ0v) is 11.1. The molecule has 0 heterocycles. The van der Waals surface area contributed by atoms with E-state index in [-0.39, 0.29) is 12.4 Å². The van der Waals surface area contributed by atoms with Gasteiger partial charge in [-0.05, 0) is 31.5 Å². The van der Waals surface area contributed by atoms with Crippen molar-refractivity contribution in [3.8, 4) is 0 Å². The number of carbonyl (C=O) groups is 2. The van der Waals surface area contributed by atoms with Crippen LogP contribution in [0.1, 0.15) is 19.4 Å². The Kier molecular flexibility index (Phi) is 4.47. The van der Waals surface area contributed by atoms with E-state index in [1.54, 1.807) is 26.0 Å². The Hall–Kier alpha value is -2.11. The van der Waals surface area contributed by atoms with E-state index in [2.05, 4.69) is 5.32 Å². The number of carboxylic acid groups (broad SMARTS) is 1. The summed E-state index contributed by atoms with van der Waals surface area (Å²) in [7, 11) is 1.39. The van der Waals surface area contributed by atoms with E-state index in [0.29, 0.717) is 0 Å². The maximum Gasteiger partial charge on any atom is 0.323 e. The van der Waals surface area contributed by atoms with Crippen LogP contribution in [0.5, 0.6) is 0 Å². The van der Waals surface area contributed by atoms with Gasteiger partial charge in [-0.25, -0.2) is 9.18 Å². The van der Waals surface area contributed by atoms with Crippen LogP contribution in [0, 0.1) is 5.82 Å². The standard InChI is InChI=1S/C13H17FN2O3/c1-13(2,9-4-6-10(14)7-5-9)15-12(19)16(3)8-11(17)18/h4-7H,8H2,1-3H3,(H,15,19)(H,17,18). The Labute approximate surface area is 111 Å². The second kappa shape index (κ2) is 5.69. The largest absolute Gasteiger partial charge is 0.480 e. The molecule has 0 atom stereocenters. The molecule has 1 rings (SSSR count). The van der Waals surface area contributed by atoms with E-state index in [1.807, 2.05) is 0 Å². The number of nitrogens with zero attached hydrogens (tertiary/aromatic N) is 1. The quantitative estimate of drug-likeness (QED) is 0.874. The van der Waals surface area contributed by atoms with Gasteiger partial charge in [-0.1, -0.05) is 12.1 Å². The molecule has 6 heteroatoms. The van der Waals surface area contributed by atoms with Gasteiger partial charge in [0.1, 0.15) is 12.4 Å². The fourth-order valence-electron chi connectivity index (χ4n) is 1.58. The first-order valence-corrected chi connectivity index (χ1v) is 5.73. The summed E-state index contributed by atoms with van der Waals surface area (Å²) >= 11 is 0. The van der Waals surface area contributed by atoms with Gasteiger partial charge in [-0.3, -0.25) is 4.79 Å². The van der Waals surface area contributed by atoms with Crippen molar-refractivity contribution in [3.63, 3.8) is 0 Å². The third kappa shape index (κ3) is 4.24. The monoisotopic (exact) mass is 268 g/mol. The third-order valence-electron chi connectivity index (χ3n) is 2.70. The number of nitrogens with one attached hydrogen (secondary N) is 1. The number of rotatable bonds is 4. The Balaban J connectivity index is 2.76. The maximum atomic E-state index is 12.8. The van der Waals surface area contributed by atoms with Gasteiger partial charge in [-0.2, -0.15) is 0 Å². The molecule has 2 N–H and O–H groups in total. The number of carbonyl (C=O) groups excluding carboxylic acids is 1. The molecule has 104 valence electrons. The Morgan fingerprint density at radius 3 is 2.32 bits per heavy atom. The smallest absolute Gasteiger partial charge is 0.323 e. The summed E-state index contributed by atoms with van der Waals surface area (Å²) in [6.45, 7) is 3.13. The molecule has 0 saturated heterocycles. The molecular formula is C13H17FN2O3. The zero-order chi connectivity index (χ0) is 14.6. The minimum Gasteiger partial charge on any atom is -0.480 e. The van der Waals surface area contributed by atoms with E-state index in [4.69, 9.17) is 5.11 Å². The molecule has 0 aliphatic carbocycles. The van der Waals surface area contributed by atoms with Crippen LogP contribution in [0.15, 0.2) is 24.3 Å². The first-order chi connectivity index (χ1) is 8.72. The van der Waals surface area contributed by atoms with E-state index in [1.165, 1.54) is 19.2 Å². The summed E-state index contributed by atoms with van der Waals surface area (Å²) in [5.41, 5.74) is 0.00310. The molecule has 0 bridgehead atoms. The highest BCUT2D eigenvalue weighted by Gasteiger charge is 2.25. The van der Waals surface area contributed by atoms with Gasteiger partial charge in [-0.15, -0.1) is 0 Å². The van der Waals surface area contributed by atoms with Crippen LogP contribution in [0.3, 0.4) is 0 Å². The van der Waals surface area contributed by atoms with Crippen LogP contribution in [0.2, 0.25) is 0 Å². The van der Waals surface area contributed by atoms with Gasteiger partial charge in [0.2, 0.25) is 0 Å². The van der Waals surface area contributed by atoms with Crippen molar-refractivity contribution in [2.75, 3.05) is 13.6 Å². The van der Waals surface area contributed by atoms with Gasteiger partial charge in [0.15, 0.2) is 0 Å². The molecule has 0 aliphatic rings. The Morgan fingerprint density at radius 2 is 1.84 bits per heavy atom. The number of urea groups is 1. The number of amides is 2. The molecule has 1 aromatic carbocycles. The van der Waals surface area contributed by atoms with Crippen LogP contribution < -0.4 is 5.32 Å². The van der Waals surface area contributed by atoms with E-state index in [9.17, 15) is 14.0 Å². The van der Waals surface area contributed by atoms with Crippen molar-refractivity contribution >= 4 is 12.0 Å². The fraction of sp³-hybridized carbons (Fsp3) is 0.385. The summed E-state index contributed by atoms with van der Waals surface area (Å²) in [6.07, 6.45) is 0. The highest BCUT2D eigenvalue weighted by atomic mass is 19.1. The van der Waals surface area contributed by atoms with E-state index in [0.717, 1.165) is 10.5 Å². The SMILES string of the molecule is CN(CC(=O)O)C(=O)NC(C)(C)c1ccc(F)cc1. The summed E-state index contributed by atoms with van der Waals surface area (Å²) < 4.78 is 12.8. The molecular weight excluding hydrogens is 251 g/mol. The van der Waals surface area contributed by atoms with Crippen molar-refractivity contribution in [2.45, 2.75) is 19.4 Å². The second-order valence-electron chi connectivity index (χ2n) is 4.81. The summed E-state index contributed by atoms with van der Waals surface area (Å²) in [6, 6.07) is 5.27. The van der Waals surface area contributed by atoms with Gasteiger partial charge < -0.3 is 15.3 Å².